The van der Waals surface area contributed by atoms with Gasteiger partial charge in [0.25, 0.3) is 0 Å². The Morgan fingerprint density at radius 1 is 1.28 bits per heavy atom. The molecular formula is C14H11ClN2O. The van der Waals surface area contributed by atoms with E-state index < -0.39 is 5.92 Å². The summed E-state index contributed by atoms with van der Waals surface area (Å²) >= 11 is 5.79. The fraction of sp³-hybridized carbons (Fsp3) is 0.143. The van der Waals surface area contributed by atoms with Gasteiger partial charge < -0.3 is 0 Å². The van der Waals surface area contributed by atoms with Crippen molar-refractivity contribution in [2.24, 2.45) is 0 Å². The first-order chi connectivity index (χ1) is 8.70. The Labute approximate surface area is 110 Å². The maximum atomic E-state index is 11.9. The van der Waals surface area contributed by atoms with Gasteiger partial charge in [0.2, 0.25) is 5.91 Å². The summed E-state index contributed by atoms with van der Waals surface area (Å²) in [6.45, 7) is 0. The van der Waals surface area contributed by atoms with Crippen LogP contribution in [0.5, 0.6) is 0 Å². The third-order valence-electron chi connectivity index (χ3n) is 2.70. The highest BCUT2D eigenvalue weighted by molar-refractivity contribution is 6.30. The maximum absolute atomic E-state index is 11.9. The largest absolute Gasteiger partial charge is 0.295 e. The number of halogens is 1. The SMILES string of the molecule is N#C[C@@H](CC(=O)n1cccc1)c1ccc(Cl)cc1. The van der Waals surface area contributed by atoms with Gasteiger partial charge in [-0.25, -0.2) is 0 Å². The lowest BCUT2D eigenvalue weighted by atomic mass is 9.97. The van der Waals surface area contributed by atoms with Crippen LogP contribution in [0.1, 0.15) is 22.7 Å². The Hall–Kier alpha value is -2.05. The van der Waals surface area contributed by atoms with Gasteiger partial charge in [-0.2, -0.15) is 5.26 Å². The quantitative estimate of drug-likeness (QED) is 0.846. The van der Waals surface area contributed by atoms with Crippen LogP contribution < -0.4 is 0 Å². The fourth-order valence-electron chi connectivity index (χ4n) is 1.71. The van der Waals surface area contributed by atoms with E-state index in [9.17, 15) is 4.79 Å². The van der Waals surface area contributed by atoms with Crippen molar-refractivity contribution in [2.75, 3.05) is 0 Å². The normalized spacial score (nSPS) is 11.8. The standard InChI is InChI=1S/C14H11ClN2O/c15-13-5-3-11(4-6-13)12(10-16)9-14(18)17-7-1-2-8-17/h1-8,12H,9H2/t12-/m1/s1. The number of benzene rings is 1. The molecule has 0 unspecified atom stereocenters. The highest BCUT2D eigenvalue weighted by Crippen LogP contribution is 2.21. The summed E-state index contributed by atoms with van der Waals surface area (Å²) in [6, 6.07) is 12.7. The van der Waals surface area contributed by atoms with E-state index in [0.717, 1.165) is 5.56 Å². The molecule has 0 saturated carbocycles. The van der Waals surface area contributed by atoms with Crippen LogP contribution in [0.3, 0.4) is 0 Å². The number of rotatable bonds is 3. The Kier molecular flexibility index (Phi) is 3.81. The fourth-order valence-corrected chi connectivity index (χ4v) is 1.84. The molecule has 0 spiro atoms. The Balaban J connectivity index is 2.13. The first kappa shape index (κ1) is 12.4. The zero-order chi connectivity index (χ0) is 13.0. The van der Waals surface area contributed by atoms with Gasteiger partial charge in [-0.1, -0.05) is 23.7 Å². The number of hydrogen-bond acceptors (Lipinski definition) is 2. The molecule has 0 fully saturated rings. The highest BCUT2D eigenvalue weighted by Gasteiger charge is 2.16. The molecule has 2 rings (SSSR count). The average molecular weight is 259 g/mol. The predicted molar refractivity (Wildman–Crippen MR) is 69.5 cm³/mol. The van der Waals surface area contributed by atoms with Gasteiger partial charge in [0, 0.05) is 23.8 Å². The first-order valence-electron chi connectivity index (χ1n) is 5.52. The third-order valence-corrected chi connectivity index (χ3v) is 2.95. The van der Waals surface area contributed by atoms with Crippen LogP contribution in [0.4, 0.5) is 0 Å². The van der Waals surface area contributed by atoms with Crippen LogP contribution in [0, 0.1) is 11.3 Å². The molecule has 18 heavy (non-hydrogen) atoms. The predicted octanol–water partition coefficient (Wildman–Crippen LogP) is 3.48. The maximum Gasteiger partial charge on any atom is 0.232 e. The molecule has 90 valence electrons. The van der Waals surface area contributed by atoms with Gasteiger partial charge in [-0.3, -0.25) is 9.36 Å². The summed E-state index contributed by atoms with van der Waals surface area (Å²) in [6.07, 6.45) is 3.52. The number of carbonyl (C=O) groups excluding carboxylic acids is 1. The number of carbonyl (C=O) groups is 1. The van der Waals surface area contributed by atoms with Gasteiger partial charge in [0.1, 0.15) is 0 Å². The lowest BCUT2D eigenvalue weighted by Crippen LogP contribution is -2.12. The molecule has 1 aromatic carbocycles. The monoisotopic (exact) mass is 258 g/mol. The minimum Gasteiger partial charge on any atom is -0.295 e. The van der Waals surface area contributed by atoms with Crippen molar-refractivity contribution in [3.05, 3.63) is 59.4 Å². The van der Waals surface area contributed by atoms with Gasteiger partial charge in [-0.15, -0.1) is 0 Å². The van der Waals surface area contributed by atoms with Gasteiger partial charge in [0.05, 0.1) is 12.0 Å². The molecule has 2 aromatic rings. The van der Waals surface area contributed by atoms with E-state index in [1.165, 1.54) is 4.57 Å². The van der Waals surface area contributed by atoms with Gasteiger partial charge in [-0.05, 0) is 29.8 Å². The first-order valence-corrected chi connectivity index (χ1v) is 5.90. The van der Waals surface area contributed by atoms with Crippen LogP contribution in [0.15, 0.2) is 48.8 Å². The molecule has 4 heteroatoms. The van der Waals surface area contributed by atoms with Gasteiger partial charge >= 0.3 is 0 Å². The Morgan fingerprint density at radius 3 is 2.44 bits per heavy atom. The molecular weight excluding hydrogens is 248 g/mol. The molecule has 0 amide bonds. The van der Waals surface area contributed by atoms with Crippen LogP contribution in [-0.4, -0.2) is 10.5 Å². The van der Waals surface area contributed by atoms with Crippen molar-refractivity contribution < 1.29 is 4.79 Å². The van der Waals surface area contributed by atoms with Gasteiger partial charge in [0.15, 0.2) is 0 Å². The summed E-state index contributed by atoms with van der Waals surface area (Å²) in [5.41, 5.74) is 0.808. The summed E-state index contributed by atoms with van der Waals surface area (Å²) < 4.78 is 1.49. The lowest BCUT2D eigenvalue weighted by molar-refractivity contribution is 0.0899. The molecule has 0 N–H and O–H groups in total. The summed E-state index contributed by atoms with van der Waals surface area (Å²) in [7, 11) is 0. The number of hydrogen-bond donors (Lipinski definition) is 0. The highest BCUT2D eigenvalue weighted by atomic mass is 35.5. The molecule has 0 aliphatic carbocycles. The van der Waals surface area contributed by atoms with Crippen molar-refractivity contribution in [3.63, 3.8) is 0 Å². The van der Waals surface area contributed by atoms with Crippen molar-refractivity contribution in [1.82, 2.24) is 4.57 Å². The van der Waals surface area contributed by atoms with Crippen molar-refractivity contribution in [2.45, 2.75) is 12.3 Å². The van der Waals surface area contributed by atoms with E-state index >= 15 is 0 Å². The molecule has 0 aliphatic heterocycles. The van der Waals surface area contributed by atoms with Crippen molar-refractivity contribution >= 4 is 17.5 Å². The van der Waals surface area contributed by atoms with E-state index in [4.69, 9.17) is 16.9 Å². The summed E-state index contributed by atoms with van der Waals surface area (Å²) in [5, 5.41) is 9.77. The van der Waals surface area contributed by atoms with E-state index in [0.29, 0.717) is 5.02 Å². The lowest BCUT2D eigenvalue weighted by Gasteiger charge is -2.09. The van der Waals surface area contributed by atoms with Crippen molar-refractivity contribution in [1.29, 1.82) is 5.26 Å². The van der Waals surface area contributed by atoms with Crippen molar-refractivity contribution in [3.8, 4) is 6.07 Å². The Morgan fingerprint density at radius 2 is 1.89 bits per heavy atom. The third kappa shape index (κ3) is 2.79. The zero-order valence-corrected chi connectivity index (χ0v) is 10.3. The van der Waals surface area contributed by atoms with Crippen LogP contribution in [0.2, 0.25) is 5.02 Å². The summed E-state index contributed by atoms with van der Waals surface area (Å²) in [4.78, 5) is 11.9. The molecule has 1 heterocycles. The number of nitriles is 1. The van der Waals surface area contributed by atoms with E-state index in [-0.39, 0.29) is 12.3 Å². The van der Waals surface area contributed by atoms with E-state index in [2.05, 4.69) is 6.07 Å². The zero-order valence-electron chi connectivity index (χ0n) is 9.58. The molecule has 0 radical (unpaired) electrons. The van der Waals surface area contributed by atoms with Crippen LogP contribution in [-0.2, 0) is 0 Å². The smallest absolute Gasteiger partial charge is 0.232 e. The minimum atomic E-state index is -0.447. The second kappa shape index (κ2) is 5.52. The Bertz CT molecular complexity index is 567. The second-order valence-corrected chi connectivity index (χ2v) is 4.36. The van der Waals surface area contributed by atoms with Crippen LogP contribution in [0.25, 0.3) is 0 Å². The molecule has 1 aromatic heterocycles. The summed E-state index contributed by atoms with van der Waals surface area (Å²) in [5.74, 6) is -0.543. The number of aromatic nitrogens is 1. The number of nitrogens with zero attached hydrogens (tertiary/aromatic N) is 2. The molecule has 1 atom stereocenters. The topological polar surface area (TPSA) is 45.8 Å². The van der Waals surface area contributed by atoms with Crippen LogP contribution >= 0.6 is 11.6 Å². The molecule has 0 bridgehead atoms. The molecule has 3 nitrogen and oxygen atoms in total. The van der Waals surface area contributed by atoms with E-state index in [1.54, 1.807) is 48.8 Å². The van der Waals surface area contributed by atoms with E-state index in [1.807, 2.05) is 0 Å². The minimum absolute atomic E-state index is 0.0958. The molecule has 0 saturated heterocycles. The average Bonchev–Trinajstić information content (AvgIpc) is 2.91. The molecule has 0 aliphatic rings. The second-order valence-electron chi connectivity index (χ2n) is 3.92.